The van der Waals surface area contributed by atoms with Crippen LogP contribution < -0.4 is 5.32 Å². The van der Waals surface area contributed by atoms with Crippen molar-refractivity contribution in [2.45, 2.75) is 56.6 Å². The second kappa shape index (κ2) is 4.19. The third-order valence-electron chi connectivity index (χ3n) is 4.11. The maximum atomic E-state index is 5.82. The van der Waals surface area contributed by atoms with Crippen LogP contribution in [0.1, 0.15) is 44.9 Å². The minimum atomic E-state index is 0.164. The van der Waals surface area contributed by atoms with E-state index in [0.717, 1.165) is 5.92 Å². The number of hydrogen-bond donors (Lipinski definition) is 1. The second-order valence-corrected chi connectivity index (χ2v) is 5.00. The molecule has 2 saturated carbocycles. The van der Waals surface area contributed by atoms with E-state index in [1.165, 1.54) is 44.9 Å². The van der Waals surface area contributed by atoms with Crippen LogP contribution in [0.4, 0.5) is 0 Å². The lowest BCUT2D eigenvalue weighted by molar-refractivity contribution is -0.0372. The van der Waals surface area contributed by atoms with Gasteiger partial charge in [0.25, 0.3) is 0 Å². The van der Waals surface area contributed by atoms with Crippen molar-refractivity contribution in [3.8, 4) is 0 Å². The summed E-state index contributed by atoms with van der Waals surface area (Å²) in [7, 11) is 3.98. The first kappa shape index (κ1) is 10.4. The Labute approximate surface area is 87.4 Å². The lowest BCUT2D eigenvalue weighted by Gasteiger charge is -2.36. The van der Waals surface area contributed by atoms with Gasteiger partial charge in [0, 0.05) is 13.2 Å². The number of hydrogen-bond acceptors (Lipinski definition) is 2. The molecule has 0 heterocycles. The van der Waals surface area contributed by atoms with E-state index in [0.29, 0.717) is 6.04 Å². The molecule has 0 radical (unpaired) electrons. The maximum Gasteiger partial charge on any atom is 0.0830 e. The van der Waals surface area contributed by atoms with E-state index in [4.69, 9.17) is 4.74 Å². The van der Waals surface area contributed by atoms with Gasteiger partial charge < -0.3 is 10.1 Å². The smallest absolute Gasteiger partial charge is 0.0830 e. The minimum absolute atomic E-state index is 0.164. The Morgan fingerprint density at radius 2 is 2.00 bits per heavy atom. The molecule has 1 N–H and O–H groups in total. The summed E-state index contributed by atoms with van der Waals surface area (Å²) in [5.41, 5.74) is 0.164. The highest BCUT2D eigenvalue weighted by Crippen LogP contribution is 2.42. The van der Waals surface area contributed by atoms with E-state index in [1.54, 1.807) is 0 Å². The molecule has 0 bridgehead atoms. The molecule has 0 aromatic rings. The fourth-order valence-electron chi connectivity index (χ4n) is 2.95. The van der Waals surface area contributed by atoms with Crippen LogP contribution in [0.15, 0.2) is 0 Å². The molecule has 1 unspecified atom stereocenters. The van der Waals surface area contributed by atoms with Crippen molar-refractivity contribution in [3.05, 3.63) is 0 Å². The first-order valence-corrected chi connectivity index (χ1v) is 6.03. The van der Waals surface area contributed by atoms with E-state index < -0.39 is 0 Å². The van der Waals surface area contributed by atoms with Gasteiger partial charge in [-0.15, -0.1) is 0 Å². The van der Waals surface area contributed by atoms with E-state index in [9.17, 15) is 0 Å². The molecule has 2 nitrogen and oxygen atoms in total. The van der Waals surface area contributed by atoms with Crippen molar-refractivity contribution in [2.75, 3.05) is 14.2 Å². The molecule has 0 aliphatic heterocycles. The molecule has 2 aliphatic carbocycles. The largest absolute Gasteiger partial charge is 0.377 e. The molecule has 0 amide bonds. The highest BCUT2D eigenvalue weighted by molar-refractivity contribution is 4.98. The first-order chi connectivity index (χ1) is 6.80. The predicted octanol–water partition coefficient (Wildman–Crippen LogP) is 2.33. The predicted molar refractivity (Wildman–Crippen MR) is 58.4 cm³/mol. The Bertz CT molecular complexity index is 183. The summed E-state index contributed by atoms with van der Waals surface area (Å²) >= 11 is 0. The van der Waals surface area contributed by atoms with Crippen molar-refractivity contribution < 1.29 is 4.74 Å². The zero-order valence-electron chi connectivity index (χ0n) is 9.51. The monoisotopic (exact) mass is 197 g/mol. The van der Waals surface area contributed by atoms with Crippen LogP contribution in [-0.4, -0.2) is 25.8 Å². The molecule has 0 aromatic heterocycles. The van der Waals surface area contributed by atoms with Crippen molar-refractivity contribution >= 4 is 0 Å². The van der Waals surface area contributed by atoms with Crippen LogP contribution in [0.25, 0.3) is 0 Å². The number of rotatable bonds is 5. The van der Waals surface area contributed by atoms with Crippen molar-refractivity contribution in [3.63, 3.8) is 0 Å². The Hall–Kier alpha value is -0.0800. The Morgan fingerprint density at radius 3 is 2.43 bits per heavy atom. The number of methoxy groups -OCH3 is 1. The first-order valence-electron chi connectivity index (χ1n) is 6.03. The third kappa shape index (κ3) is 1.96. The van der Waals surface area contributed by atoms with Crippen LogP contribution >= 0.6 is 0 Å². The highest BCUT2D eigenvalue weighted by Gasteiger charge is 2.42. The van der Waals surface area contributed by atoms with Gasteiger partial charge in [-0.1, -0.05) is 25.7 Å². The fourth-order valence-corrected chi connectivity index (χ4v) is 2.95. The normalized spacial score (nSPS) is 27.9. The summed E-state index contributed by atoms with van der Waals surface area (Å²) in [5, 5.41) is 3.48. The quantitative estimate of drug-likeness (QED) is 0.730. The minimum Gasteiger partial charge on any atom is -0.377 e. The Balaban J connectivity index is 1.98. The molecule has 0 saturated heterocycles. The maximum absolute atomic E-state index is 5.82. The van der Waals surface area contributed by atoms with Gasteiger partial charge in [-0.05, 0) is 32.2 Å². The SMILES string of the molecule is CNC(CC1CC1)C1(OC)CCCC1. The molecule has 82 valence electrons. The highest BCUT2D eigenvalue weighted by atomic mass is 16.5. The Morgan fingerprint density at radius 1 is 1.36 bits per heavy atom. The molecule has 14 heavy (non-hydrogen) atoms. The van der Waals surface area contributed by atoms with E-state index in [-0.39, 0.29) is 5.60 Å². The molecular formula is C12H23NO. The molecule has 0 aromatic carbocycles. The van der Waals surface area contributed by atoms with Gasteiger partial charge in [-0.3, -0.25) is 0 Å². The topological polar surface area (TPSA) is 21.3 Å². The summed E-state index contributed by atoms with van der Waals surface area (Å²) in [6.07, 6.45) is 9.40. The standard InChI is InChI=1S/C12H23NO/c1-13-11(9-10-5-6-10)12(14-2)7-3-4-8-12/h10-11,13H,3-9H2,1-2H3. The van der Waals surface area contributed by atoms with Crippen LogP contribution in [-0.2, 0) is 4.74 Å². The summed E-state index contributed by atoms with van der Waals surface area (Å²) in [5.74, 6) is 0.986. The second-order valence-electron chi connectivity index (χ2n) is 5.00. The van der Waals surface area contributed by atoms with Gasteiger partial charge in [0.2, 0.25) is 0 Å². The molecule has 2 aliphatic rings. The molecule has 2 rings (SSSR count). The van der Waals surface area contributed by atoms with Crippen LogP contribution in [0.2, 0.25) is 0 Å². The molecular weight excluding hydrogens is 174 g/mol. The van der Waals surface area contributed by atoms with E-state index in [2.05, 4.69) is 12.4 Å². The van der Waals surface area contributed by atoms with Crippen LogP contribution in [0, 0.1) is 5.92 Å². The number of likely N-dealkylation sites (N-methyl/N-ethyl adjacent to an activating group) is 1. The summed E-state index contributed by atoms with van der Waals surface area (Å²) in [6.45, 7) is 0. The average molecular weight is 197 g/mol. The lowest BCUT2D eigenvalue weighted by Crippen LogP contribution is -2.49. The van der Waals surface area contributed by atoms with Crippen molar-refractivity contribution in [1.29, 1.82) is 0 Å². The average Bonchev–Trinajstić information content (AvgIpc) is 2.91. The van der Waals surface area contributed by atoms with E-state index in [1.807, 2.05) is 7.11 Å². The van der Waals surface area contributed by atoms with Crippen molar-refractivity contribution in [2.24, 2.45) is 5.92 Å². The zero-order chi connectivity index (χ0) is 10.0. The summed E-state index contributed by atoms with van der Waals surface area (Å²) < 4.78 is 5.82. The van der Waals surface area contributed by atoms with Gasteiger partial charge >= 0.3 is 0 Å². The van der Waals surface area contributed by atoms with Gasteiger partial charge in [0.1, 0.15) is 0 Å². The molecule has 1 atom stereocenters. The zero-order valence-corrected chi connectivity index (χ0v) is 9.51. The fraction of sp³-hybridized carbons (Fsp3) is 1.00. The molecule has 2 heteroatoms. The number of nitrogens with one attached hydrogen (secondary N) is 1. The summed E-state index contributed by atoms with van der Waals surface area (Å²) in [6, 6.07) is 0.586. The van der Waals surface area contributed by atoms with E-state index >= 15 is 0 Å². The molecule has 2 fully saturated rings. The van der Waals surface area contributed by atoms with Crippen LogP contribution in [0.3, 0.4) is 0 Å². The number of ether oxygens (including phenoxy) is 1. The van der Waals surface area contributed by atoms with Crippen molar-refractivity contribution in [1.82, 2.24) is 5.32 Å². The Kier molecular flexibility index (Phi) is 3.13. The van der Waals surface area contributed by atoms with Gasteiger partial charge in [0.15, 0.2) is 0 Å². The summed E-state index contributed by atoms with van der Waals surface area (Å²) in [4.78, 5) is 0. The van der Waals surface area contributed by atoms with Crippen LogP contribution in [0.5, 0.6) is 0 Å². The third-order valence-corrected chi connectivity index (χ3v) is 4.11. The van der Waals surface area contributed by atoms with Gasteiger partial charge in [0.05, 0.1) is 5.60 Å². The van der Waals surface area contributed by atoms with Gasteiger partial charge in [-0.2, -0.15) is 0 Å². The van der Waals surface area contributed by atoms with Gasteiger partial charge in [-0.25, -0.2) is 0 Å². The molecule has 0 spiro atoms. The lowest BCUT2D eigenvalue weighted by atomic mass is 9.88.